The van der Waals surface area contributed by atoms with E-state index in [1.54, 1.807) is 30.4 Å². The van der Waals surface area contributed by atoms with Gasteiger partial charge in [0.2, 0.25) is 0 Å². The summed E-state index contributed by atoms with van der Waals surface area (Å²) in [5.74, 6) is -1.84. The highest BCUT2D eigenvalue weighted by Gasteiger charge is 2.40. The molecule has 0 spiro atoms. The highest BCUT2D eigenvalue weighted by Crippen LogP contribution is 2.54. The molecule has 0 amide bonds. The molecule has 5 rings (SSSR count). The summed E-state index contributed by atoms with van der Waals surface area (Å²) in [7, 11) is 0. The van der Waals surface area contributed by atoms with Crippen LogP contribution >= 0.6 is 0 Å². The van der Waals surface area contributed by atoms with Crippen molar-refractivity contribution >= 4 is 12.2 Å². The van der Waals surface area contributed by atoms with Crippen LogP contribution in [0.2, 0.25) is 0 Å². The van der Waals surface area contributed by atoms with Crippen molar-refractivity contribution in [3.63, 3.8) is 0 Å². The zero-order valence-corrected chi connectivity index (χ0v) is 18.7. The summed E-state index contributed by atoms with van der Waals surface area (Å²) in [6.07, 6.45) is 2.63. The zero-order chi connectivity index (χ0) is 25.6. The number of fused-ring (bicyclic) bond motifs is 1. The summed E-state index contributed by atoms with van der Waals surface area (Å²) in [4.78, 5) is 0. The predicted octanol–water partition coefficient (Wildman–Crippen LogP) is 5.06. The van der Waals surface area contributed by atoms with Crippen LogP contribution in [0.3, 0.4) is 0 Å². The number of ether oxygens (including phenoxy) is 1. The molecule has 0 saturated carbocycles. The average molecular weight is 486 g/mol. The van der Waals surface area contributed by atoms with E-state index in [2.05, 4.69) is 0 Å². The van der Waals surface area contributed by atoms with Crippen LogP contribution in [0.4, 0.5) is 0 Å². The SMILES string of the molecule is Oc1cc(O)cc(C2c3c(O)cc(C=Cc4ccc(O)c(O)c4)cc3OC2c2ccc(O)c(O)c2)c1. The number of benzene rings is 4. The van der Waals surface area contributed by atoms with Gasteiger partial charge in [0.25, 0.3) is 0 Å². The lowest BCUT2D eigenvalue weighted by atomic mass is 9.84. The molecule has 2 atom stereocenters. The quantitative estimate of drug-likeness (QED) is 0.156. The minimum Gasteiger partial charge on any atom is -0.508 e. The van der Waals surface area contributed by atoms with Crippen LogP contribution in [0, 0.1) is 0 Å². The van der Waals surface area contributed by atoms with Crippen LogP contribution in [-0.4, -0.2) is 35.7 Å². The van der Waals surface area contributed by atoms with Gasteiger partial charge in [-0.2, -0.15) is 0 Å². The van der Waals surface area contributed by atoms with Crippen LogP contribution in [-0.2, 0) is 0 Å². The molecule has 4 aromatic carbocycles. The fourth-order valence-electron chi connectivity index (χ4n) is 4.45. The summed E-state index contributed by atoms with van der Waals surface area (Å²) in [6, 6.07) is 16.0. The highest BCUT2D eigenvalue weighted by molar-refractivity contribution is 5.73. The molecule has 8 heteroatoms. The monoisotopic (exact) mass is 486 g/mol. The first kappa shape index (κ1) is 22.8. The highest BCUT2D eigenvalue weighted by atomic mass is 16.5. The zero-order valence-electron chi connectivity index (χ0n) is 18.7. The maximum atomic E-state index is 11.0. The lowest BCUT2D eigenvalue weighted by Crippen LogP contribution is -2.11. The minimum atomic E-state index is -0.758. The maximum Gasteiger partial charge on any atom is 0.157 e. The number of phenolic OH excluding ortho intramolecular Hbond substituents is 7. The molecule has 4 aromatic rings. The summed E-state index contributed by atoms with van der Waals surface area (Å²) in [5.41, 5.74) is 2.62. The van der Waals surface area contributed by atoms with Crippen molar-refractivity contribution in [3.8, 4) is 46.0 Å². The number of hydrogen-bond acceptors (Lipinski definition) is 8. The first-order valence-corrected chi connectivity index (χ1v) is 11.0. The lowest BCUT2D eigenvalue weighted by Gasteiger charge is -2.21. The number of rotatable bonds is 4. The molecule has 0 fully saturated rings. The van der Waals surface area contributed by atoms with Crippen LogP contribution in [0.1, 0.15) is 39.8 Å². The van der Waals surface area contributed by atoms with Gasteiger partial charge in [-0.05, 0) is 70.8 Å². The lowest BCUT2D eigenvalue weighted by molar-refractivity contribution is 0.221. The van der Waals surface area contributed by atoms with Gasteiger partial charge in [-0.3, -0.25) is 0 Å². The molecular formula is C28H22O8. The molecule has 1 aliphatic rings. The van der Waals surface area contributed by atoms with Gasteiger partial charge >= 0.3 is 0 Å². The summed E-state index contributed by atoms with van der Waals surface area (Å²) in [6.45, 7) is 0. The average Bonchev–Trinajstić information content (AvgIpc) is 3.21. The predicted molar refractivity (Wildman–Crippen MR) is 132 cm³/mol. The van der Waals surface area contributed by atoms with Gasteiger partial charge in [0.15, 0.2) is 23.0 Å². The molecule has 1 heterocycles. The third-order valence-electron chi connectivity index (χ3n) is 6.09. The Morgan fingerprint density at radius 1 is 0.528 bits per heavy atom. The van der Waals surface area contributed by atoms with Crippen LogP contribution in [0.25, 0.3) is 12.2 Å². The molecule has 8 nitrogen and oxygen atoms in total. The van der Waals surface area contributed by atoms with Gasteiger partial charge in [0, 0.05) is 11.6 Å². The normalized spacial score (nSPS) is 16.7. The molecule has 0 aliphatic carbocycles. The third kappa shape index (κ3) is 4.16. The fourth-order valence-corrected chi connectivity index (χ4v) is 4.45. The molecule has 0 radical (unpaired) electrons. The van der Waals surface area contributed by atoms with Crippen molar-refractivity contribution in [2.45, 2.75) is 12.0 Å². The molecule has 0 saturated heterocycles. The van der Waals surface area contributed by atoms with Crippen LogP contribution in [0.5, 0.6) is 46.0 Å². The molecule has 36 heavy (non-hydrogen) atoms. The van der Waals surface area contributed by atoms with Crippen molar-refractivity contribution < 1.29 is 40.5 Å². The molecule has 0 aromatic heterocycles. The second-order valence-electron chi connectivity index (χ2n) is 8.58. The topological polar surface area (TPSA) is 151 Å². The Balaban J connectivity index is 1.59. The Bertz CT molecular complexity index is 1490. The fraction of sp³-hybridized carbons (Fsp3) is 0.0714. The van der Waals surface area contributed by atoms with E-state index in [9.17, 15) is 35.7 Å². The van der Waals surface area contributed by atoms with Gasteiger partial charge in [-0.25, -0.2) is 0 Å². The maximum absolute atomic E-state index is 11.0. The molecule has 2 unspecified atom stereocenters. The van der Waals surface area contributed by atoms with E-state index in [0.717, 1.165) is 0 Å². The van der Waals surface area contributed by atoms with E-state index in [-0.39, 0.29) is 40.2 Å². The molecule has 0 bridgehead atoms. The van der Waals surface area contributed by atoms with Crippen molar-refractivity contribution in [2.75, 3.05) is 0 Å². The minimum absolute atomic E-state index is 0.0842. The molecule has 182 valence electrons. The Morgan fingerprint density at radius 2 is 1.14 bits per heavy atom. The van der Waals surface area contributed by atoms with Crippen molar-refractivity contribution in [1.82, 2.24) is 0 Å². The van der Waals surface area contributed by atoms with Crippen LogP contribution < -0.4 is 4.74 Å². The Morgan fingerprint density at radius 3 is 1.81 bits per heavy atom. The second kappa shape index (κ2) is 8.66. The largest absolute Gasteiger partial charge is 0.508 e. The van der Waals surface area contributed by atoms with Gasteiger partial charge in [0.1, 0.15) is 29.1 Å². The van der Waals surface area contributed by atoms with Gasteiger partial charge in [-0.15, -0.1) is 0 Å². The van der Waals surface area contributed by atoms with E-state index in [1.807, 2.05) is 0 Å². The number of hydrogen-bond donors (Lipinski definition) is 7. The summed E-state index contributed by atoms with van der Waals surface area (Å²) < 4.78 is 6.22. The standard InChI is InChI=1S/C28H22O8/c29-18-10-17(11-19(30)13-18)26-27-24(35)8-15(2-1-14-3-5-20(31)22(33)7-14)9-25(27)36-28(26)16-4-6-21(32)23(34)12-16/h1-13,26,28-35H. The summed E-state index contributed by atoms with van der Waals surface area (Å²) >= 11 is 0. The Hall–Kier alpha value is -4.98. The van der Waals surface area contributed by atoms with Crippen LogP contribution in [0.15, 0.2) is 66.7 Å². The van der Waals surface area contributed by atoms with Crippen molar-refractivity contribution in [3.05, 3.63) is 94.5 Å². The Kier molecular flexibility index (Phi) is 5.49. The van der Waals surface area contributed by atoms with E-state index in [4.69, 9.17) is 4.74 Å². The molecule has 7 N–H and O–H groups in total. The second-order valence-corrected chi connectivity index (χ2v) is 8.58. The van der Waals surface area contributed by atoms with E-state index >= 15 is 0 Å². The Labute approximate surface area is 205 Å². The number of aromatic hydroxyl groups is 7. The summed E-state index contributed by atoms with van der Waals surface area (Å²) in [5, 5.41) is 70.2. The smallest absolute Gasteiger partial charge is 0.157 e. The first-order valence-electron chi connectivity index (χ1n) is 11.0. The van der Waals surface area contributed by atoms with Gasteiger partial charge < -0.3 is 40.5 Å². The van der Waals surface area contributed by atoms with Gasteiger partial charge in [-0.1, -0.05) is 24.3 Å². The van der Waals surface area contributed by atoms with Crippen molar-refractivity contribution in [2.24, 2.45) is 0 Å². The first-order chi connectivity index (χ1) is 17.2. The van der Waals surface area contributed by atoms with E-state index < -0.39 is 12.0 Å². The molecular weight excluding hydrogens is 464 g/mol. The van der Waals surface area contributed by atoms with Gasteiger partial charge in [0.05, 0.1) is 5.92 Å². The third-order valence-corrected chi connectivity index (χ3v) is 6.09. The van der Waals surface area contributed by atoms with E-state index in [0.29, 0.717) is 33.6 Å². The number of phenols is 7. The van der Waals surface area contributed by atoms with Crippen molar-refractivity contribution in [1.29, 1.82) is 0 Å². The molecule has 1 aliphatic heterocycles. The van der Waals surface area contributed by atoms with E-state index in [1.165, 1.54) is 48.5 Å².